The van der Waals surface area contributed by atoms with E-state index in [9.17, 15) is 0 Å². The molecule has 1 unspecified atom stereocenters. The Hall–Kier alpha value is -5.60. The quantitative estimate of drug-likeness (QED) is 0.175. The Morgan fingerprint density at radius 2 is 1.08 bits per heavy atom. The fourth-order valence-corrected chi connectivity index (χ4v) is 9.87. The maximum atomic E-state index is 6.86. The second kappa shape index (κ2) is 9.55. The van der Waals surface area contributed by atoms with Gasteiger partial charge in [0.15, 0.2) is 0 Å². The molecule has 0 fully saturated rings. The molecule has 2 aromatic heterocycles. The minimum Gasteiger partial charge on any atom is -0.456 e. The van der Waals surface area contributed by atoms with Crippen LogP contribution in [-0.2, 0) is 10.8 Å². The third-order valence-corrected chi connectivity index (χ3v) is 12.1. The summed E-state index contributed by atoms with van der Waals surface area (Å²) < 4.78 is 13.4. The highest BCUT2D eigenvalue weighted by Gasteiger charge is 2.46. The van der Waals surface area contributed by atoms with Gasteiger partial charge in [-0.2, -0.15) is 0 Å². The smallest absolute Gasteiger partial charge is 0.139 e. The summed E-state index contributed by atoms with van der Waals surface area (Å²) in [6.45, 7) is 9.38. The van der Waals surface area contributed by atoms with Crippen LogP contribution in [0.5, 0.6) is 0 Å². The molecule has 1 atom stereocenters. The van der Waals surface area contributed by atoms with Gasteiger partial charge in [0.2, 0.25) is 0 Å². The first-order chi connectivity index (χ1) is 24.3. The van der Waals surface area contributed by atoms with Gasteiger partial charge in [-0.15, -0.1) is 0 Å². The number of hydrogen-bond donors (Lipinski definition) is 0. The number of allylic oxidation sites excluding steroid dienone is 4. The van der Waals surface area contributed by atoms with E-state index in [0.29, 0.717) is 5.92 Å². The normalized spacial score (nSPS) is 17.9. The van der Waals surface area contributed by atoms with Gasteiger partial charge in [0, 0.05) is 49.8 Å². The monoisotopic (exact) mass is 644 g/mol. The van der Waals surface area contributed by atoms with Gasteiger partial charge < -0.3 is 8.83 Å². The van der Waals surface area contributed by atoms with Crippen LogP contribution >= 0.6 is 0 Å². The van der Waals surface area contributed by atoms with Crippen molar-refractivity contribution >= 4 is 43.5 Å². The van der Waals surface area contributed by atoms with E-state index in [2.05, 4.69) is 155 Å². The van der Waals surface area contributed by atoms with E-state index in [0.717, 1.165) is 29.1 Å². The van der Waals surface area contributed by atoms with Crippen molar-refractivity contribution in [3.8, 4) is 33.8 Å². The Balaban J connectivity index is 1.13. The van der Waals surface area contributed by atoms with Gasteiger partial charge in [-0.3, -0.25) is 0 Å². The molecule has 0 radical (unpaired) electrons. The van der Waals surface area contributed by atoms with Crippen molar-refractivity contribution in [2.24, 2.45) is 0 Å². The lowest BCUT2D eigenvalue weighted by atomic mass is 9.78. The molecule has 2 heterocycles. The molecule has 2 heteroatoms. The number of fused-ring (bicyclic) bond motifs is 12. The largest absolute Gasteiger partial charge is 0.456 e. The van der Waals surface area contributed by atoms with Gasteiger partial charge in [-0.1, -0.05) is 125 Å². The predicted octanol–water partition coefficient (Wildman–Crippen LogP) is 13.4. The van der Waals surface area contributed by atoms with E-state index in [-0.39, 0.29) is 10.8 Å². The molecular formula is C48H36O2. The Labute approximate surface area is 291 Å². The molecule has 8 aromatic rings. The summed E-state index contributed by atoms with van der Waals surface area (Å²) in [5, 5.41) is 7.66. The van der Waals surface area contributed by atoms with Gasteiger partial charge in [0.25, 0.3) is 0 Å². The first-order valence-electron chi connectivity index (χ1n) is 17.9. The molecule has 2 nitrogen and oxygen atoms in total. The molecule has 3 aliphatic carbocycles. The van der Waals surface area contributed by atoms with Crippen LogP contribution in [0.3, 0.4) is 0 Å². The van der Waals surface area contributed by atoms with Crippen LogP contribution < -0.4 is 0 Å². The minimum atomic E-state index is -0.253. The summed E-state index contributed by atoms with van der Waals surface area (Å²) in [7, 11) is 0. The topological polar surface area (TPSA) is 26.3 Å². The first-order valence-corrected chi connectivity index (χ1v) is 17.9. The van der Waals surface area contributed by atoms with Crippen LogP contribution in [-0.4, -0.2) is 0 Å². The molecule has 11 rings (SSSR count). The van der Waals surface area contributed by atoms with Gasteiger partial charge in [0.05, 0.1) is 0 Å². The molecule has 0 N–H and O–H groups in total. The van der Waals surface area contributed by atoms with Crippen molar-refractivity contribution in [1.29, 1.82) is 0 Å². The van der Waals surface area contributed by atoms with Crippen LogP contribution in [0.2, 0.25) is 0 Å². The number of hydrogen-bond acceptors (Lipinski definition) is 2. The maximum absolute atomic E-state index is 6.86. The summed E-state index contributed by atoms with van der Waals surface area (Å²) in [5.41, 5.74) is 13.0. The third kappa shape index (κ3) is 3.49. The van der Waals surface area contributed by atoms with E-state index in [1.165, 1.54) is 82.4 Å². The zero-order valence-corrected chi connectivity index (χ0v) is 28.7. The van der Waals surface area contributed by atoms with Crippen molar-refractivity contribution in [2.75, 3.05) is 0 Å². The Morgan fingerprint density at radius 1 is 0.540 bits per heavy atom. The highest BCUT2D eigenvalue weighted by atomic mass is 16.3. The van der Waals surface area contributed by atoms with Gasteiger partial charge >= 0.3 is 0 Å². The van der Waals surface area contributed by atoms with E-state index >= 15 is 0 Å². The third-order valence-electron chi connectivity index (χ3n) is 12.1. The maximum Gasteiger partial charge on any atom is 0.139 e. The summed E-state index contributed by atoms with van der Waals surface area (Å²) in [6.07, 6.45) is 10.0. The minimum absolute atomic E-state index is 0.184. The Bertz CT molecular complexity index is 2790. The highest BCUT2D eigenvalue weighted by molar-refractivity contribution is 6.16. The molecule has 0 spiro atoms. The number of rotatable bonds is 2. The average molecular weight is 645 g/mol. The van der Waals surface area contributed by atoms with Crippen LogP contribution in [0.15, 0.2) is 136 Å². The number of para-hydroxylation sites is 1. The lowest BCUT2D eigenvalue weighted by molar-refractivity contribution is 0.617. The van der Waals surface area contributed by atoms with Crippen molar-refractivity contribution in [3.63, 3.8) is 0 Å². The van der Waals surface area contributed by atoms with Crippen molar-refractivity contribution < 1.29 is 8.83 Å². The van der Waals surface area contributed by atoms with E-state index in [1.54, 1.807) is 0 Å². The Kier molecular flexibility index (Phi) is 5.40. The van der Waals surface area contributed by atoms with Crippen molar-refractivity contribution in [1.82, 2.24) is 0 Å². The van der Waals surface area contributed by atoms with Crippen molar-refractivity contribution in [3.05, 3.63) is 155 Å². The number of furan rings is 2. The summed E-state index contributed by atoms with van der Waals surface area (Å²) in [4.78, 5) is 0. The predicted molar refractivity (Wildman–Crippen MR) is 207 cm³/mol. The fraction of sp³-hybridized carbons (Fsp3) is 0.167. The molecule has 0 amide bonds. The fourth-order valence-electron chi connectivity index (χ4n) is 9.87. The SMILES string of the molecule is CC1(C)c2cc3c(cc2-c2oc4ccccc4c21)C(C)(C)c1c-3oc2ccc(-c3c4ccccc4c(C4C=CC=CC4)c4ccccc34)cc12. The standard InChI is InChI=1S/C48H36O2/c1-47(2)37-26-35-38(25-34(37)45-43(47)33-20-12-13-21-39(33)49-45)48(3,4)44-36-24-28(22-23-40(36)50-46(35)44)42-31-18-10-8-16-29(31)41(27-14-6-5-7-15-27)30-17-9-11-19-32(30)42/h5-14,16-27H,15H2,1-4H3. The lowest BCUT2D eigenvalue weighted by Crippen LogP contribution is -2.17. The first kappa shape index (κ1) is 28.3. The second-order valence-corrected chi connectivity index (χ2v) is 15.5. The molecule has 240 valence electrons. The number of benzene rings is 6. The summed E-state index contributed by atoms with van der Waals surface area (Å²) in [5.74, 6) is 2.37. The van der Waals surface area contributed by atoms with Crippen LogP contribution in [0.25, 0.3) is 77.3 Å². The van der Waals surface area contributed by atoms with Gasteiger partial charge in [-0.25, -0.2) is 0 Å². The molecule has 0 saturated carbocycles. The Morgan fingerprint density at radius 3 is 1.68 bits per heavy atom. The average Bonchev–Trinajstić information content (AvgIpc) is 3.83. The van der Waals surface area contributed by atoms with Crippen molar-refractivity contribution in [2.45, 2.75) is 50.9 Å². The molecule has 0 bridgehead atoms. The van der Waals surface area contributed by atoms with E-state index in [1.807, 2.05) is 0 Å². The van der Waals surface area contributed by atoms with Gasteiger partial charge in [0.1, 0.15) is 22.7 Å². The van der Waals surface area contributed by atoms with E-state index < -0.39 is 0 Å². The summed E-state index contributed by atoms with van der Waals surface area (Å²) >= 11 is 0. The summed E-state index contributed by atoms with van der Waals surface area (Å²) in [6, 6.07) is 38.1. The van der Waals surface area contributed by atoms with Crippen LogP contribution in [0.1, 0.15) is 67.9 Å². The molecule has 0 aliphatic heterocycles. The van der Waals surface area contributed by atoms with Crippen LogP contribution in [0.4, 0.5) is 0 Å². The molecule has 50 heavy (non-hydrogen) atoms. The van der Waals surface area contributed by atoms with Gasteiger partial charge in [-0.05, 0) is 86.1 Å². The van der Waals surface area contributed by atoms with E-state index in [4.69, 9.17) is 8.83 Å². The molecule has 0 saturated heterocycles. The lowest BCUT2D eigenvalue weighted by Gasteiger charge is -2.24. The second-order valence-electron chi connectivity index (χ2n) is 15.5. The highest BCUT2D eigenvalue weighted by Crippen LogP contribution is 2.59. The molecule has 6 aromatic carbocycles. The zero-order chi connectivity index (χ0) is 33.5. The molecule has 3 aliphatic rings. The zero-order valence-electron chi connectivity index (χ0n) is 28.7. The van der Waals surface area contributed by atoms with Crippen LogP contribution in [0, 0.1) is 0 Å². The molecular weight excluding hydrogens is 609 g/mol.